The van der Waals surface area contributed by atoms with Gasteiger partial charge in [-0.05, 0) is 0 Å². The number of hydrogen-bond donors (Lipinski definition) is 0. The molecule has 0 rings (SSSR count). The van der Waals surface area contributed by atoms with Gasteiger partial charge in [0.15, 0.2) is 0 Å². The Balaban J connectivity index is 4.93. The molecule has 2 nitrogen and oxygen atoms in total. The average Bonchev–Trinajstić information content (AvgIpc) is 2.27. The van der Waals surface area contributed by atoms with Gasteiger partial charge in [-0.15, -0.1) is 0 Å². The summed E-state index contributed by atoms with van der Waals surface area (Å²) in [5, 5.41) is 0. The fraction of sp³-hybridized carbons (Fsp3) is 0.900. The summed E-state index contributed by atoms with van der Waals surface area (Å²) in [7, 11) is 0. The number of alkyl halides is 1. The molecule has 0 saturated heterocycles. The van der Waals surface area contributed by atoms with Gasteiger partial charge in [0.1, 0.15) is 0 Å². The molecule has 0 aliphatic carbocycles. The molecule has 0 N–H and O–H groups in total. The van der Waals surface area contributed by atoms with E-state index in [1.165, 1.54) is 0 Å². The number of carbonyl (C=O) groups is 1. The summed E-state index contributed by atoms with van der Waals surface area (Å²) >= 11 is 5.49. The van der Waals surface area contributed by atoms with Crippen molar-refractivity contribution in [1.29, 1.82) is 0 Å². The molecule has 0 atom stereocenters. The second-order valence-electron chi connectivity index (χ2n) is 3.72. The molecule has 0 saturated carbocycles. The van der Waals surface area contributed by atoms with E-state index in [-0.39, 0.29) is 11.8 Å². The van der Waals surface area contributed by atoms with Crippen LogP contribution in [0.4, 0.5) is 0 Å². The van der Waals surface area contributed by atoms with Crippen LogP contribution < -0.4 is 0 Å². The van der Waals surface area contributed by atoms with Crippen LogP contribution in [0.5, 0.6) is 0 Å². The Kier molecular flexibility index (Phi) is 5.39. The van der Waals surface area contributed by atoms with Crippen molar-refractivity contribution < 1.29 is 9.32 Å². The number of rotatable bonds is 6. The zero-order valence-electron chi connectivity index (χ0n) is 9.68. The van der Waals surface area contributed by atoms with E-state index in [0.717, 1.165) is 24.6 Å². The Labute approximate surface area is 92.4 Å². The van der Waals surface area contributed by atoms with Gasteiger partial charge in [-0.25, -0.2) is 0 Å². The normalized spacial score (nSPS) is 14.5. The maximum atomic E-state index is 11.3. The molecule has 0 radical (unpaired) electrons. The van der Waals surface area contributed by atoms with Crippen molar-refractivity contribution in [3.63, 3.8) is 0 Å². The molecule has 0 spiro atoms. The predicted molar refractivity (Wildman–Crippen MR) is 65.9 cm³/mol. The summed E-state index contributed by atoms with van der Waals surface area (Å²) in [4.78, 5) is 11.3. The number of hydrogen-bond acceptors (Lipinski definition) is 2. The molecule has 0 heterocycles. The molecule has 0 bridgehead atoms. The minimum absolute atomic E-state index is 0.0299. The van der Waals surface area contributed by atoms with Crippen molar-refractivity contribution in [2.45, 2.75) is 27.7 Å². The van der Waals surface area contributed by atoms with Crippen molar-refractivity contribution in [2.24, 2.45) is 0 Å². The minimum atomic E-state index is -2.23. The van der Waals surface area contributed by atoms with Crippen molar-refractivity contribution in [2.75, 3.05) is 30.5 Å². The molecule has 0 unspecified atom stereocenters. The summed E-state index contributed by atoms with van der Waals surface area (Å²) in [5.41, 5.74) is 0. The SMILES string of the molecule is CCP(CC)(CC)(CC)OC(=O)CCl. The van der Waals surface area contributed by atoms with Crippen molar-refractivity contribution in [3.05, 3.63) is 0 Å². The standard InChI is InChI=1S/C10H22ClO2P/c1-5-14(6-2,7-3,8-4)13-10(12)9-11/h5-9H2,1-4H3. The van der Waals surface area contributed by atoms with E-state index in [0.29, 0.717) is 0 Å². The summed E-state index contributed by atoms with van der Waals surface area (Å²) in [6, 6.07) is 0. The molecular weight excluding hydrogens is 219 g/mol. The first-order chi connectivity index (χ1) is 6.51. The van der Waals surface area contributed by atoms with Crippen LogP contribution in [0.2, 0.25) is 0 Å². The van der Waals surface area contributed by atoms with Crippen LogP contribution in [-0.4, -0.2) is 36.5 Å². The average molecular weight is 241 g/mol. The molecule has 0 aromatic carbocycles. The molecule has 14 heavy (non-hydrogen) atoms. The second kappa shape index (κ2) is 5.32. The van der Waals surface area contributed by atoms with Crippen LogP contribution in [0.3, 0.4) is 0 Å². The number of carbonyl (C=O) groups excluding carboxylic acids is 1. The van der Waals surface area contributed by atoms with Crippen LogP contribution in [0.1, 0.15) is 27.7 Å². The van der Waals surface area contributed by atoms with Crippen LogP contribution in [0, 0.1) is 0 Å². The third-order valence-corrected chi connectivity index (χ3v) is 11.0. The summed E-state index contributed by atoms with van der Waals surface area (Å²) in [6.07, 6.45) is 3.88. The fourth-order valence-electron chi connectivity index (χ4n) is 1.91. The Morgan fingerprint density at radius 2 is 1.43 bits per heavy atom. The monoisotopic (exact) mass is 240 g/mol. The Hall–Kier alpha value is 0.190. The Morgan fingerprint density at radius 3 is 1.64 bits per heavy atom. The fourth-order valence-corrected chi connectivity index (χ4v) is 5.88. The van der Waals surface area contributed by atoms with Crippen LogP contribution >= 0.6 is 18.4 Å². The van der Waals surface area contributed by atoms with Crippen molar-refractivity contribution in [3.8, 4) is 0 Å². The molecule has 0 aromatic rings. The van der Waals surface area contributed by atoms with Crippen molar-refractivity contribution >= 4 is 24.4 Å². The van der Waals surface area contributed by atoms with Gasteiger partial charge >= 0.3 is 91.9 Å². The first kappa shape index (κ1) is 14.2. The van der Waals surface area contributed by atoms with Gasteiger partial charge in [-0.2, -0.15) is 0 Å². The molecule has 0 fully saturated rings. The van der Waals surface area contributed by atoms with Crippen LogP contribution in [-0.2, 0) is 9.32 Å². The molecule has 0 aromatic heterocycles. The van der Waals surface area contributed by atoms with E-state index >= 15 is 0 Å². The van der Waals surface area contributed by atoms with Gasteiger partial charge in [0.05, 0.1) is 0 Å². The molecule has 0 aliphatic heterocycles. The topological polar surface area (TPSA) is 26.3 Å². The molecule has 0 amide bonds. The van der Waals surface area contributed by atoms with Gasteiger partial charge in [0.25, 0.3) is 0 Å². The van der Waals surface area contributed by atoms with E-state index < -0.39 is 6.83 Å². The second-order valence-corrected chi connectivity index (χ2v) is 10.4. The predicted octanol–water partition coefficient (Wildman–Crippen LogP) is 3.32. The van der Waals surface area contributed by atoms with Gasteiger partial charge < -0.3 is 0 Å². The van der Waals surface area contributed by atoms with Crippen LogP contribution in [0.25, 0.3) is 0 Å². The maximum absolute atomic E-state index is 11.3. The summed E-state index contributed by atoms with van der Waals surface area (Å²) in [5.74, 6) is -0.283. The van der Waals surface area contributed by atoms with Gasteiger partial charge in [0.2, 0.25) is 0 Å². The number of halogens is 1. The van der Waals surface area contributed by atoms with E-state index in [2.05, 4.69) is 27.7 Å². The van der Waals surface area contributed by atoms with Gasteiger partial charge in [-0.1, -0.05) is 0 Å². The third-order valence-electron chi connectivity index (χ3n) is 3.67. The molecule has 86 valence electrons. The van der Waals surface area contributed by atoms with E-state index in [9.17, 15) is 4.79 Å². The zero-order chi connectivity index (χ0) is 11.3. The van der Waals surface area contributed by atoms with E-state index in [1.807, 2.05) is 0 Å². The molecule has 0 aliphatic rings. The Morgan fingerprint density at radius 1 is 1.07 bits per heavy atom. The molecule has 4 heteroatoms. The first-order valence-electron chi connectivity index (χ1n) is 5.30. The summed E-state index contributed by atoms with van der Waals surface area (Å²) in [6.45, 7) is 6.25. The first-order valence-corrected chi connectivity index (χ1v) is 8.73. The molecular formula is C10H22ClO2P. The van der Waals surface area contributed by atoms with Crippen LogP contribution in [0.15, 0.2) is 0 Å². The van der Waals surface area contributed by atoms with Crippen molar-refractivity contribution in [1.82, 2.24) is 0 Å². The zero-order valence-corrected chi connectivity index (χ0v) is 11.3. The third kappa shape index (κ3) is 2.61. The van der Waals surface area contributed by atoms with Gasteiger partial charge in [0, 0.05) is 0 Å². The summed E-state index contributed by atoms with van der Waals surface area (Å²) < 4.78 is 5.73. The Bertz CT molecular complexity index is 179. The van der Waals surface area contributed by atoms with Gasteiger partial charge in [-0.3, -0.25) is 0 Å². The van der Waals surface area contributed by atoms with E-state index in [1.54, 1.807) is 0 Å². The quantitative estimate of drug-likeness (QED) is 0.526. The van der Waals surface area contributed by atoms with E-state index in [4.69, 9.17) is 16.1 Å².